The van der Waals surface area contributed by atoms with Gasteiger partial charge in [-0.15, -0.1) is 13.2 Å². The topological polar surface area (TPSA) is 104 Å². The van der Waals surface area contributed by atoms with E-state index in [1.54, 1.807) is 6.20 Å². The van der Waals surface area contributed by atoms with Crippen molar-refractivity contribution < 1.29 is 32.2 Å². The van der Waals surface area contributed by atoms with Crippen LogP contribution in [0.5, 0.6) is 5.75 Å². The standard InChI is InChI=1S/C28H21ClF3N3O4/c1-38-27(37)21-8-6-17(14-23(21)29)16-7-9-25(39-28(30,31)32)22(13-16)26(36)35-19(10-11-33)12-18-15-34-24-5-3-2-4-20(18)24/h2-9,13-15,19,34H,10,12H2,1H3,(H,35,36). The maximum Gasteiger partial charge on any atom is 0.573 e. The average Bonchev–Trinajstić information content (AvgIpc) is 3.30. The van der Waals surface area contributed by atoms with Gasteiger partial charge in [0.05, 0.1) is 35.7 Å². The van der Waals surface area contributed by atoms with Gasteiger partial charge in [0, 0.05) is 23.1 Å². The zero-order valence-electron chi connectivity index (χ0n) is 20.4. The van der Waals surface area contributed by atoms with Gasteiger partial charge in [0.1, 0.15) is 5.75 Å². The van der Waals surface area contributed by atoms with Gasteiger partial charge < -0.3 is 19.8 Å². The number of halogens is 4. The molecule has 11 heteroatoms. The number of esters is 1. The number of benzene rings is 3. The van der Waals surface area contributed by atoms with E-state index >= 15 is 0 Å². The number of alkyl halides is 3. The second kappa shape index (κ2) is 11.5. The highest BCUT2D eigenvalue weighted by Crippen LogP contribution is 2.33. The average molecular weight is 556 g/mol. The molecule has 0 spiro atoms. The van der Waals surface area contributed by atoms with Gasteiger partial charge in [0.2, 0.25) is 0 Å². The number of ether oxygens (including phenoxy) is 2. The van der Waals surface area contributed by atoms with Crippen molar-refractivity contribution in [1.82, 2.24) is 10.3 Å². The Morgan fingerprint density at radius 3 is 2.49 bits per heavy atom. The summed E-state index contributed by atoms with van der Waals surface area (Å²) in [7, 11) is 1.20. The van der Waals surface area contributed by atoms with Crippen LogP contribution in [-0.4, -0.2) is 36.4 Å². The van der Waals surface area contributed by atoms with Crippen molar-refractivity contribution >= 4 is 34.4 Å². The fourth-order valence-corrected chi connectivity index (χ4v) is 4.44. The van der Waals surface area contributed by atoms with E-state index in [0.29, 0.717) is 11.1 Å². The first-order valence-electron chi connectivity index (χ1n) is 11.6. The highest BCUT2D eigenvalue weighted by atomic mass is 35.5. The number of fused-ring (bicyclic) bond motifs is 1. The molecule has 2 N–H and O–H groups in total. The molecule has 3 aromatic carbocycles. The van der Waals surface area contributed by atoms with Crippen molar-refractivity contribution in [3.8, 4) is 22.9 Å². The summed E-state index contributed by atoms with van der Waals surface area (Å²) >= 11 is 6.20. The number of para-hydroxylation sites is 1. The van der Waals surface area contributed by atoms with E-state index in [2.05, 4.69) is 19.8 Å². The minimum absolute atomic E-state index is 0.0637. The lowest BCUT2D eigenvalue weighted by atomic mass is 9.99. The van der Waals surface area contributed by atoms with Crippen LogP contribution in [0.15, 0.2) is 66.9 Å². The Kier molecular flexibility index (Phi) is 8.12. The predicted octanol–water partition coefficient (Wildman–Crippen LogP) is 6.43. The molecule has 1 unspecified atom stereocenters. The van der Waals surface area contributed by atoms with E-state index in [4.69, 9.17) is 11.6 Å². The van der Waals surface area contributed by atoms with Crippen molar-refractivity contribution in [3.63, 3.8) is 0 Å². The van der Waals surface area contributed by atoms with Gasteiger partial charge >= 0.3 is 12.3 Å². The van der Waals surface area contributed by atoms with Gasteiger partial charge in [0.25, 0.3) is 5.91 Å². The van der Waals surface area contributed by atoms with Crippen LogP contribution < -0.4 is 10.1 Å². The molecule has 1 amide bonds. The third kappa shape index (κ3) is 6.51. The number of aromatic amines is 1. The van der Waals surface area contributed by atoms with Crippen molar-refractivity contribution in [2.75, 3.05) is 7.11 Å². The summed E-state index contributed by atoms with van der Waals surface area (Å²) in [5.41, 5.74) is 2.22. The second-order valence-electron chi connectivity index (χ2n) is 8.54. The number of nitrogens with one attached hydrogen (secondary N) is 2. The lowest BCUT2D eigenvalue weighted by molar-refractivity contribution is -0.274. The zero-order valence-corrected chi connectivity index (χ0v) is 21.2. The maximum absolute atomic E-state index is 13.3. The molecule has 1 atom stereocenters. The summed E-state index contributed by atoms with van der Waals surface area (Å²) in [6.45, 7) is 0. The zero-order chi connectivity index (χ0) is 28.2. The molecule has 1 heterocycles. The predicted molar refractivity (Wildman–Crippen MR) is 138 cm³/mol. The number of nitriles is 1. The van der Waals surface area contributed by atoms with Crippen LogP contribution in [0.3, 0.4) is 0 Å². The number of H-pyrrole nitrogens is 1. The molecule has 0 aliphatic heterocycles. The third-order valence-corrected chi connectivity index (χ3v) is 6.28. The molecule has 4 aromatic rings. The number of methoxy groups -OCH3 is 1. The van der Waals surface area contributed by atoms with Crippen LogP contribution in [0, 0.1) is 11.3 Å². The Morgan fingerprint density at radius 1 is 1.08 bits per heavy atom. The largest absolute Gasteiger partial charge is 0.573 e. The van der Waals surface area contributed by atoms with Gasteiger partial charge in [-0.1, -0.05) is 41.9 Å². The van der Waals surface area contributed by atoms with Gasteiger partial charge in [-0.05, 0) is 53.4 Å². The number of hydrogen-bond donors (Lipinski definition) is 2. The molecule has 7 nitrogen and oxygen atoms in total. The van der Waals surface area contributed by atoms with Crippen molar-refractivity contribution in [1.29, 1.82) is 5.26 Å². The molecule has 0 saturated carbocycles. The van der Waals surface area contributed by atoms with Crippen LogP contribution in [0.2, 0.25) is 5.02 Å². The highest BCUT2D eigenvalue weighted by molar-refractivity contribution is 6.33. The number of carbonyl (C=O) groups excluding carboxylic acids is 2. The van der Waals surface area contributed by atoms with E-state index in [-0.39, 0.29) is 29.0 Å². The summed E-state index contributed by atoms with van der Waals surface area (Å²) in [5.74, 6) is -2.21. The molecule has 1 aromatic heterocycles. The third-order valence-electron chi connectivity index (χ3n) is 5.97. The molecule has 200 valence electrons. The summed E-state index contributed by atoms with van der Waals surface area (Å²) in [5, 5.41) is 13.0. The number of rotatable bonds is 8. The molecule has 0 radical (unpaired) electrons. The van der Waals surface area contributed by atoms with Crippen LogP contribution >= 0.6 is 11.6 Å². The Balaban J connectivity index is 1.67. The molecule has 0 saturated heterocycles. The Morgan fingerprint density at radius 2 is 1.79 bits per heavy atom. The summed E-state index contributed by atoms with van der Waals surface area (Å²) in [4.78, 5) is 28.3. The molecule has 0 aliphatic carbocycles. The molecule has 0 fully saturated rings. The van der Waals surface area contributed by atoms with Crippen LogP contribution in [-0.2, 0) is 11.2 Å². The van der Waals surface area contributed by atoms with Crippen LogP contribution in [0.25, 0.3) is 22.0 Å². The SMILES string of the molecule is COC(=O)c1ccc(-c2ccc(OC(F)(F)F)c(C(=O)NC(CC#N)Cc3c[nH]c4ccccc34)c2)cc1Cl. The first-order valence-corrected chi connectivity index (χ1v) is 12.0. The molecule has 39 heavy (non-hydrogen) atoms. The summed E-state index contributed by atoms with van der Waals surface area (Å²) in [6, 6.07) is 16.8. The van der Waals surface area contributed by atoms with Gasteiger partial charge in [0.15, 0.2) is 0 Å². The normalized spacial score (nSPS) is 12.0. The number of amides is 1. The molecule has 4 rings (SSSR count). The van der Waals surface area contributed by atoms with Crippen molar-refractivity contribution in [2.45, 2.75) is 25.2 Å². The van der Waals surface area contributed by atoms with E-state index in [1.807, 2.05) is 30.3 Å². The lowest BCUT2D eigenvalue weighted by Gasteiger charge is -2.19. The van der Waals surface area contributed by atoms with Gasteiger partial charge in [-0.25, -0.2) is 4.79 Å². The molecular formula is C28H21ClF3N3O4. The minimum Gasteiger partial charge on any atom is -0.465 e. The highest BCUT2D eigenvalue weighted by Gasteiger charge is 2.33. The first-order chi connectivity index (χ1) is 18.6. The fourth-order valence-electron chi connectivity index (χ4n) is 4.18. The van der Waals surface area contributed by atoms with Crippen LogP contribution in [0.1, 0.15) is 32.7 Å². The maximum atomic E-state index is 13.3. The minimum atomic E-state index is -5.04. The Bertz CT molecular complexity index is 1580. The lowest BCUT2D eigenvalue weighted by Crippen LogP contribution is -2.36. The second-order valence-corrected chi connectivity index (χ2v) is 8.95. The van der Waals surface area contributed by atoms with Gasteiger partial charge in [-0.2, -0.15) is 5.26 Å². The Hall–Kier alpha value is -4.49. The molecular weight excluding hydrogens is 535 g/mol. The Labute approximate surface area is 226 Å². The summed E-state index contributed by atoms with van der Waals surface area (Å²) in [6.07, 6.45) is -3.09. The number of hydrogen-bond acceptors (Lipinski definition) is 5. The van der Waals surface area contributed by atoms with E-state index in [0.717, 1.165) is 22.5 Å². The smallest absolute Gasteiger partial charge is 0.465 e. The molecule has 0 bridgehead atoms. The monoisotopic (exact) mass is 555 g/mol. The quantitative estimate of drug-likeness (QED) is 0.244. The number of carbonyl (C=O) groups is 2. The van der Waals surface area contributed by atoms with Crippen molar-refractivity contribution in [2.24, 2.45) is 0 Å². The van der Waals surface area contributed by atoms with E-state index < -0.39 is 30.0 Å². The molecule has 0 aliphatic rings. The van der Waals surface area contributed by atoms with Crippen LogP contribution in [0.4, 0.5) is 13.2 Å². The van der Waals surface area contributed by atoms with Gasteiger partial charge in [-0.3, -0.25) is 4.79 Å². The van der Waals surface area contributed by atoms with E-state index in [9.17, 15) is 28.0 Å². The first kappa shape index (κ1) is 27.5. The van der Waals surface area contributed by atoms with E-state index in [1.165, 1.54) is 37.4 Å². The number of nitrogens with zero attached hydrogens (tertiary/aromatic N) is 1. The fraction of sp³-hybridized carbons (Fsp3) is 0.179. The number of aromatic nitrogens is 1. The van der Waals surface area contributed by atoms with Crippen molar-refractivity contribution in [3.05, 3.63) is 88.6 Å². The summed E-state index contributed by atoms with van der Waals surface area (Å²) < 4.78 is 48.2.